The van der Waals surface area contributed by atoms with E-state index in [1.807, 2.05) is 30.3 Å². The number of aromatic nitrogens is 2. The lowest BCUT2D eigenvalue weighted by Gasteiger charge is -2.15. The molecule has 3 aromatic rings. The van der Waals surface area contributed by atoms with Gasteiger partial charge in [0.2, 0.25) is 20.3 Å². The van der Waals surface area contributed by atoms with Gasteiger partial charge in [-0.2, -0.15) is 13.7 Å². The zero-order chi connectivity index (χ0) is 21.0. The summed E-state index contributed by atoms with van der Waals surface area (Å²) in [6.07, 6.45) is 1.72. The SMILES string of the molecule is O=C(Nc1nc(SCc2ccccc2)ns1)c1cccc(S(=O)(=O)N2CCCC2)c1. The molecule has 7 nitrogen and oxygen atoms in total. The molecule has 1 aromatic heterocycles. The van der Waals surface area contributed by atoms with Crippen molar-refractivity contribution in [1.29, 1.82) is 0 Å². The largest absolute Gasteiger partial charge is 0.297 e. The molecule has 1 aliphatic heterocycles. The van der Waals surface area contributed by atoms with Crippen LogP contribution < -0.4 is 5.32 Å². The fraction of sp³-hybridized carbons (Fsp3) is 0.250. The lowest BCUT2D eigenvalue weighted by Crippen LogP contribution is -2.28. The van der Waals surface area contributed by atoms with Crippen molar-refractivity contribution in [3.05, 3.63) is 65.7 Å². The second-order valence-electron chi connectivity index (χ2n) is 6.75. The number of sulfonamides is 1. The smallest absolute Gasteiger partial charge is 0.257 e. The number of anilines is 1. The van der Waals surface area contributed by atoms with Crippen molar-refractivity contribution in [2.24, 2.45) is 0 Å². The number of benzene rings is 2. The Bertz CT molecular complexity index is 1130. The van der Waals surface area contributed by atoms with E-state index in [-0.39, 0.29) is 10.5 Å². The molecule has 2 heterocycles. The molecule has 4 rings (SSSR count). The Morgan fingerprint density at radius 1 is 1.10 bits per heavy atom. The highest BCUT2D eigenvalue weighted by molar-refractivity contribution is 7.98. The van der Waals surface area contributed by atoms with Gasteiger partial charge in [-0.25, -0.2) is 8.42 Å². The van der Waals surface area contributed by atoms with Crippen molar-refractivity contribution in [2.45, 2.75) is 28.6 Å². The molecule has 0 radical (unpaired) electrons. The molecule has 1 fully saturated rings. The Morgan fingerprint density at radius 2 is 1.87 bits per heavy atom. The van der Waals surface area contributed by atoms with Gasteiger partial charge in [-0.15, -0.1) is 0 Å². The van der Waals surface area contributed by atoms with Gasteiger partial charge in [-0.3, -0.25) is 10.1 Å². The first kappa shape index (κ1) is 21.0. The predicted molar refractivity (Wildman–Crippen MR) is 118 cm³/mol. The van der Waals surface area contributed by atoms with Crippen LogP contribution in [0.25, 0.3) is 0 Å². The molecule has 1 N–H and O–H groups in total. The van der Waals surface area contributed by atoms with Gasteiger partial charge in [-0.1, -0.05) is 48.2 Å². The first-order valence-corrected chi connectivity index (χ1v) is 12.6. The molecular formula is C20H20N4O3S3. The fourth-order valence-electron chi connectivity index (χ4n) is 3.09. The van der Waals surface area contributed by atoms with Gasteiger partial charge < -0.3 is 0 Å². The van der Waals surface area contributed by atoms with Crippen molar-refractivity contribution >= 4 is 44.4 Å². The molecule has 0 bridgehead atoms. The molecule has 30 heavy (non-hydrogen) atoms. The quantitative estimate of drug-likeness (QED) is 0.538. The van der Waals surface area contributed by atoms with E-state index < -0.39 is 15.9 Å². The van der Waals surface area contributed by atoms with Crippen LogP contribution in [0.5, 0.6) is 0 Å². The highest BCUT2D eigenvalue weighted by Crippen LogP contribution is 2.25. The van der Waals surface area contributed by atoms with Gasteiger partial charge in [0.05, 0.1) is 4.90 Å². The van der Waals surface area contributed by atoms with E-state index in [4.69, 9.17) is 0 Å². The van der Waals surface area contributed by atoms with E-state index in [1.54, 1.807) is 12.1 Å². The lowest BCUT2D eigenvalue weighted by molar-refractivity contribution is 0.102. The summed E-state index contributed by atoms with van der Waals surface area (Å²) in [5.41, 5.74) is 1.43. The van der Waals surface area contributed by atoms with Gasteiger partial charge in [-0.05, 0) is 36.6 Å². The Morgan fingerprint density at radius 3 is 2.63 bits per heavy atom. The lowest BCUT2D eigenvalue weighted by atomic mass is 10.2. The third-order valence-electron chi connectivity index (χ3n) is 4.64. The average Bonchev–Trinajstić information content (AvgIpc) is 3.46. The van der Waals surface area contributed by atoms with Crippen molar-refractivity contribution in [1.82, 2.24) is 13.7 Å². The van der Waals surface area contributed by atoms with Crippen LogP contribution in [0.15, 0.2) is 64.6 Å². The molecule has 0 aliphatic carbocycles. The van der Waals surface area contributed by atoms with Crippen LogP contribution in [0, 0.1) is 0 Å². The molecule has 1 amide bonds. The molecule has 0 spiro atoms. The summed E-state index contributed by atoms with van der Waals surface area (Å²) in [5.74, 6) is 0.325. The average molecular weight is 461 g/mol. The van der Waals surface area contributed by atoms with Gasteiger partial charge >= 0.3 is 0 Å². The van der Waals surface area contributed by atoms with Crippen LogP contribution in [0.4, 0.5) is 5.13 Å². The summed E-state index contributed by atoms with van der Waals surface area (Å²) in [7, 11) is -3.57. The third kappa shape index (κ3) is 4.89. The number of hydrogen-bond donors (Lipinski definition) is 1. The second kappa shape index (κ2) is 9.25. The predicted octanol–water partition coefficient (Wildman–Crippen LogP) is 3.87. The zero-order valence-corrected chi connectivity index (χ0v) is 18.5. The molecule has 0 unspecified atom stereocenters. The minimum absolute atomic E-state index is 0.133. The maximum atomic E-state index is 12.7. The summed E-state index contributed by atoms with van der Waals surface area (Å²) in [5, 5.41) is 3.67. The van der Waals surface area contributed by atoms with Crippen molar-refractivity contribution < 1.29 is 13.2 Å². The topological polar surface area (TPSA) is 92.3 Å². The highest BCUT2D eigenvalue weighted by Gasteiger charge is 2.27. The third-order valence-corrected chi connectivity index (χ3v) is 8.20. The maximum Gasteiger partial charge on any atom is 0.257 e. The summed E-state index contributed by atoms with van der Waals surface area (Å²) < 4.78 is 31.2. The summed E-state index contributed by atoms with van der Waals surface area (Å²) in [4.78, 5) is 17.1. The Balaban J connectivity index is 1.41. The van der Waals surface area contributed by atoms with Crippen LogP contribution >= 0.6 is 23.3 Å². The molecule has 1 aliphatic rings. The molecule has 0 atom stereocenters. The second-order valence-corrected chi connectivity index (χ2v) is 10.4. The van der Waals surface area contributed by atoms with Crippen LogP contribution in [-0.4, -0.2) is 41.1 Å². The number of nitrogens with zero attached hydrogens (tertiary/aromatic N) is 3. The number of carbonyl (C=O) groups excluding carboxylic acids is 1. The van der Waals surface area contributed by atoms with Crippen LogP contribution in [0.1, 0.15) is 28.8 Å². The normalized spacial score (nSPS) is 14.7. The van der Waals surface area contributed by atoms with Gasteiger partial charge in [0.25, 0.3) is 5.91 Å². The van der Waals surface area contributed by atoms with Crippen molar-refractivity contribution in [3.8, 4) is 0 Å². The van der Waals surface area contributed by atoms with Crippen LogP contribution in [0.2, 0.25) is 0 Å². The summed E-state index contributed by atoms with van der Waals surface area (Å²) in [6, 6.07) is 16.1. The van der Waals surface area contributed by atoms with Gasteiger partial charge in [0.1, 0.15) is 0 Å². The molecule has 0 saturated carbocycles. The van der Waals surface area contributed by atoms with Gasteiger partial charge in [0, 0.05) is 35.9 Å². The number of hydrogen-bond acceptors (Lipinski definition) is 7. The van der Waals surface area contributed by atoms with E-state index in [1.165, 1.54) is 33.8 Å². The standard InChI is InChI=1S/C20H20N4O3S3/c25-18(16-9-6-10-17(13-16)30(26,27)24-11-4-5-12-24)21-19-22-20(23-29-19)28-14-15-7-2-1-3-8-15/h1-3,6-10,13H,4-5,11-12,14H2,(H,21,22,23,25). The van der Waals surface area contributed by atoms with Crippen LogP contribution in [0.3, 0.4) is 0 Å². The number of carbonyl (C=O) groups is 1. The summed E-state index contributed by atoms with van der Waals surface area (Å²) >= 11 is 2.59. The number of nitrogens with one attached hydrogen (secondary N) is 1. The Hall–Kier alpha value is -2.27. The number of amides is 1. The van der Waals surface area contributed by atoms with Crippen LogP contribution in [-0.2, 0) is 15.8 Å². The van der Waals surface area contributed by atoms with Crippen molar-refractivity contribution in [2.75, 3.05) is 18.4 Å². The summed E-state index contributed by atoms with van der Waals surface area (Å²) in [6.45, 7) is 1.04. The van der Waals surface area contributed by atoms with E-state index in [0.29, 0.717) is 23.4 Å². The van der Waals surface area contributed by atoms with E-state index in [0.717, 1.165) is 30.1 Å². The molecule has 2 aromatic carbocycles. The molecule has 1 saturated heterocycles. The Kier molecular flexibility index (Phi) is 6.47. The minimum atomic E-state index is -3.57. The Labute approximate surface area is 183 Å². The van der Waals surface area contributed by atoms with Gasteiger partial charge in [0.15, 0.2) is 0 Å². The molecular weight excluding hydrogens is 440 g/mol. The number of thioether (sulfide) groups is 1. The monoisotopic (exact) mass is 460 g/mol. The molecule has 156 valence electrons. The maximum absolute atomic E-state index is 12.7. The first-order chi connectivity index (χ1) is 14.5. The molecule has 10 heteroatoms. The van der Waals surface area contributed by atoms with E-state index >= 15 is 0 Å². The number of rotatable bonds is 7. The van der Waals surface area contributed by atoms with E-state index in [2.05, 4.69) is 14.7 Å². The fourth-order valence-corrected chi connectivity index (χ4v) is 6.15. The van der Waals surface area contributed by atoms with E-state index in [9.17, 15) is 13.2 Å². The van der Waals surface area contributed by atoms with Crippen molar-refractivity contribution in [3.63, 3.8) is 0 Å². The zero-order valence-electron chi connectivity index (χ0n) is 16.0. The first-order valence-electron chi connectivity index (χ1n) is 9.44. The highest BCUT2D eigenvalue weighted by atomic mass is 32.2. The minimum Gasteiger partial charge on any atom is -0.297 e.